The molecule has 1 aliphatic heterocycles. The van der Waals surface area contributed by atoms with Crippen LogP contribution in [0.25, 0.3) is 0 Å². The van der Waals surface area contributed by atoms with Gasteiger partial charge in [-0.3, -0.25) is 4.90 Å². The van der Waals surface area contributed by atoms with Gasteiger partial charge >= 0.3 is 0 Å². The largest absolute Gasteiger partial charge is 0.379 e. The van der Waals surface area contributed by atoms with E-state index in [0.29, 0.717) is 11.0 Å². The molecule has 0 radical (unpaired) electrons. The van der Waals surface area contributed by atoms with Crippen LogP contribution in [0.2, 0.25) is 0 Å². The fourth-order valence-electron chi connectivity index (χ4n) is 2.30. The summed E-state index contributed by atoms with van der Waals surface area (Å²) in [4.78, 5) is 2.39. The molecule has 1 aromatic carbocycles. The van der Waals surface area contributed by atoms with E-state index in [0.717, 1.165) is 45.1 Å². The van der Waals surface area contributed by atoms with Crippen LogP contribution >= 0.6 is 12.2 Å². The van der Waals surface area contributed by atoms with Crippen LogP contribution in [-0.2, 0) is 4.74 Å². The Hall–Kier alpha value is -1.17. The van der Waals surface area contributed by atoms with E-state index in [9.17, 15) is 0 Å². The van der Waals surface area contributed by atoms with Crippen LogP contribution in [-0.4, -0.2) is 49.4 Å². The molecule has 0 saturated carbocycles. The number of anilines is 1. The van der Waals surface area contributed by atoms with Gasteiger partial charge in [0.25, 0.3) is 0 Å². The van der Waals surface area contributed by atoms with Crippen LogP contribution in [0.15, 0.2) is 24.3 Å². The van der Waals surface area contributed by atoms with Crippen molar-refractivity contribution in [2.45, 2.75) is 19.8 Å². The third-order valence-electron chi connectivity index (χ3n) is 3.63. The quantitative estimate of drug-likeness (QED) is 0.817. The first kappa shape index (κ1) is 16.2. The minimum absolute atomic E-state index is 0.523. The first-order valence-corrected chi connectivity index (χ1v) is 8.01. The Kier molecular flexibility index (Phi) is 6.42. The van der Waals surface area contributed by atoms with Crippen molar-refractivity contribution in [1.29, 1.82) is 0 Å². The maximum atomic E-state index is 5.35. The van der Waals surface area contributed by atoms with E-state index in [2.05, 4.69) is 47.6 Å². The number of hydrogen-bond donors (Lipinski definition) is 2. The summed E-state index contributed by atoms with van der Waals surface area (Å²) in [5, 5.41) is 7.20. The molecule has 2 rings (SSSR count). The third kappa shape index (κ3) is 5.61. The predicted molar refractivity (Wildman–Crippen MR) is 92.0 cm³/mol. The summed E-state index contributed by atoms with van der Waals surface area (Å²) in [5.41, 5.74) is 2.36. The number of nitrogens with zero attached hydrogens (tertiary/aromatic N) is 1. The third-order valence-corrected chi connectivity index (χ3v) is 3.87. The van der Waals surface area contributed by atoms with Crippen LogP contribution in [0.4, 0.5) is 5.69 Å². The van der Waals surface area contributed by atoms with Gasteiger partial charge in [-0.15, -0.1) is 0 Å². The predicted octanol–water partition coefficient (Wildman–Crippen LogP) is 2.43. The number of thiocarbonyl (C=S) groups is 1. The molecule has 116 valence electrons. The molecule has 0 amide bonds. The molecule has 0 spiro atoms. The molecule has 1 aromatic rings. The van der Waals surface area contributed by atoms with Crippen LogP contribution in [0.5, 0.6) is 0 Å². The normalized spacial score (nSPS) is 16.0. The molecule has 2 N–H and O–H groups in total. The Balaban J connectivity index is 1.72. The van der Waals surface area contributed by atoms with Gasteiger partial charge in [0.05, 0.1) is 13.2 Å². The Bertz CT molecular complexity index is 459. The Morgan fingerprint density at radius 2 is 2.10 bits per heavy atom. The van der Waals surface area contributed by atoms with Crippen LogP contribution in [0.1, 0.15) is 25.3 Å². The fourth-order valence-corrected chi connectivity index (χ4v) is 2.52. The van der Waals surface area contributed by atoms with Gasteiger partial charge < -0.3 is 15.4 Å². The van der Waals surface area contributed by atoms with Crippen molar-refractivity contribution in [3.63, 3.8) is 0 Å². The van der Waals surface area contributed by atoms with Gasteiger partial charge in [-0.1, -0.05) is 26.0 Å². The Morgan fingerprint density at radius 3 is 2.81 bits per heavy atom. The number of benzene rings is 1. The van der Waals surface area contributed by atoms with Gasteiger partial charge in [-0.25, -0.2) is 0 Å². The van der Waals surface area contributed by atoms with Gasteiger partial charge in [-0.2, -0.15) is 0 Å². The van der Waals surface area contributed by atoms with Gasteiger partial charge in [-0.05, 0) is 35.8 Å². The second-order valence-corrected chi connectivity index (χ2v) is 6.02. The maximum absolute atomic E-state index is 5.35. The van der Waals surface area contributed by atoms with E-state index >= 15 is 0 Å². The van der Waals surface area contributed by atoms with Crippen molar-refractivity contribution in [2.75, 3.05) is 44.7 Å². The number of morpholine rings is 1. The van der Waals surface area contributed by atoms with E-state index < -0.39 is 0 Å². The molecule has 0 aromatic heterocycles. The number of rotatable bonds is 5. The second-order valence-electron chi connectivity index (χ2n) is 5.62. The van der Waals surface area contributed by atoms with Gasteiger partial charge in [0.1, 0.15) is 0 Å². The first-order valence-electron chi connectivity index (χ1n) is 7.60. The summed E-state index contributed by atoms with van der Waals surface area (Å²) < 4.78 is 5.34. The highest BCUT2D eigenvalue weighted by Gasteiger charge is 2.09. The minimum Gasteiger partial charge on any atom is -0.379 e. The highest BCUT2D eigenvalue weighted by atomic mass is 32.1. The van der Waals surface area contributed by atoms with E-state index in [-0.39, 0.29) is 0 Å². The lowest BCUT2D eigenvalue weighted by Gasteiger charge is -2.26. The summed E-state index contributed by atoms with van der Waals surface area (Å²) in [6.07, 6.45) is 0. The smallest absolute Gasteiger partial charge is 0.170 e. The molecule has 0 atom stereocenters. The zero-order valence-corrected chi connectivity index (χ0v) is 13.7. The number of hydrogen-bond acceptors (Lipinski definition) is 3. The van der Waals surface area contributed by atoms with Crippen molar-refractivity contribution in [1.82, 2.24) is 10.2 Å². The molecule has 1 heterocycles. The molecule has 1 fully saturated rings. The number of nitrogens with one attached hydrogen (secondary N) is 2. The molecule has 21 heavy (non-hydrogen) atoms. The standard InChI is InChI=1S/C16H25N3OS/c1-13(2)14-4-3-5-15(12-14)18-16(21)17-6-7-19-8-10-20-11-9-19/h3-5,12-13H,6-11H2,1-2H3,(H2,17,18,21). The SMILES string of the molecule is CC(C)c1cccc(NC(=S)NCCN2CCOCC2)c1. The van der Waals surface area contributed by atoms with Crippen molar-refractivity contribution >= 4 is 23.0 Å². The molecule has 4 nitrogen and oxygen atoms in total. The summed E-state index contributed by atoms with van der Waals surface area (Å²) in [6.45, 7) is 9.94. The van der Waals surface area contributed by atoms with E-state index in [1.54, 1.807) is 0 Å². The molecule has 0 bridgehead atoms. The molecule has 5 heteroatoms. The van der Waals surface area contributed by atoms with Crippen LogP contribution in [0, 0.1) is 0 Å². The average Bonchev–Trinajstić information content (AvgIpc) is 2.48. The Morgan fingerprint density at radius 1 is 1.33 bits per heavy atom. The van der Waals surface area contributed by atoms with E-state index in [1.807, 2.05) is 6.07 Å². The summed E-state index contributed by atoms with van der Waals surface area (Å²) in [7, 11) is 0. The summed E-state index contributed by atoms with van der Waals surface area (Å²) >= 11 is 5.35. The molecular weight excluding hydrogens is 282 g/mol. The molecular formula is C16H25N3OS. The summed E-state index contributed by atoms with van der Waals surface area (Å²) in [6, 6.07) is 8.40. The second kappa shape index (κ2) is 8.32. The van der Waals surface area contributed by atoms with Gasteiger partial charge in [0.15, 0.2) is 5.11 Å². The molecule has 1 aliphatic rings. The zero-order valence-electron chi connectivity index (χ0n) is 12.9. The Labute approximate surface area is 132 Å². The minimum atomic E-state index is 0.523. The van der Waals surface area contributed by atoms with Gasteiger partial charge in [0, 0.05) is 31.9 Å². The van der Waals surface area contributed by atoms with Crippen molar-refractivity contribution in [3.8, 4) is 0 Å². The van der Waals surface area contributed by atoms with Crippen molar-refractivity contribution < 1.29 is 4.74 Å². The summed E-state index contributed by atoms with van der Waals surface area (Å²) in [5.74, 6) is 0.523. The lowest BCUT2D eigenvalue weighted by atomic mass is 10.0. The van der Waals surface area contributed by atoms with E-state index in [1.165, 1.54) is 5.56 Å². The maximum Gasteiger partial charge on any atom is 0.170 e. The first-order chi connectivity index (χ1) is 10.1. The fraction of sp³-hybridized carbons (Fsp3) is 0.562. The highest BCUT2D eigenvalue weighted by Crippen LogP contribution is 2.18. The molecule has 1 saturated heterocycles. The zero-order chi connectivity index (χ0) is 15.1. The van der Waals surface area contributed by atoms with Crippen molar-refractivity contribution in [2.24, 2.45) is 0 Å². The monoisotopic (exact) mass is 307 g/mol. The van der Waals surface area contributed by atoms with Gasteiger partial charge in [0.2, 0.25) is 0 Å². The highest BCUT2D eigenvalue weighted by molar-refractivity contribution is 7.80. The molecule has 0 aliphatic carbocycles. The molecule has 0 unspecified atom stereocenters. The average molecular weight is 307 g/mol. The lowest BCUT2D eigenvalue weighted by molar-refractivity contribution is 0.0389. The van der Waals surface area contributed by atoms with Crippen molar-refractivity contribution in [3.05, 3.63) is 29.8 Å². The van der Waals surface area contributed by atoms with Crippen LogP contribution in [0.3, 0.4) is 0 Å². The van der Waals surface area contributed by atoms with E-state index in [4.69, 9.17) is 17.0 Å². The van der Waals surface area contributed by atoms with Crippen LogP contribution < -0.4 is 10.6 Å². The topological polar surface area (TPSA) is 36.5 Å². The number of ether oxygens (including phenoxy) is 1. The lowest BCUT2D eigenvalue weighted by Crippen LogP contribution is -2.42.